The Balaban J connectivity index is 0.000000331. The first-order chi connectivity index (χ1) is 15.1. The van der Waals surface area contributed by atoms with Crippen LogP contribution >= 0.6 is 48.9 Å². The first-order valence-electron chi connectivity index (χ1n) is 11.9. The summed E-state index contributed by atoms with van der Waals surface area (Å²) in [7, 11) is 2.04. The molecule has 0 spiro atoms. The van der Waals surface area contributed by atoms with Gasteiger partial charge in [-0.2, -0.15) is 0 Å². The molecular weight excluding hydrogens is 483 g/mol. The minimum absolute atomic E-state index is 0.421. The van der Waals surface area contributed by atoms with Crippen LogP contribution in [0.15, 0.2) is 0 Å². The van der Waals surface area contributed by atoms with Crippen LogP contribution in [-0.2, 0) is 6.42 Å². The summed E-state index contributed by atoms with van der Waals surface area (Å²) in [6, 6.07) is 0. The van der Waals surface area contributed by atoms with Gasteiger partial charge in [0.15, 0.2) is 0 Å². The molecule has 2 rings (SSSR count). The Kier molecular flexibility index (Phi) is 11.7. The molecule has 7 heteroatoms. The number of nitrogens with two attached hydrogens (primary N) is 2. The average molecular weight is 526 g/mol. The number of unbranched alkanes of at least 4 members (excludes halogenated alkanes) is 3. The summed E-state index contributed by atoms with van der Waals surface area (Å²) in [6.07, 6.45) is 9.65. The molecule has 0 fully saturated rings. The molecule has 2 aromatic carbocycles. The second-order valence-electron chi connectivity index (χ2n) is 11.5. The third kappa shape index (κ3) is 9.79. The van der Waals surface area contributed by atoms with Crippen LogP contribution < -0.4 is 16.4 Å². The van der Waals surface area contributed by atoms with Crippen LogP contribution in [0, 0.1) is 28.9 Å². The zero-order valence-electron chi connectivity index (χ0n) is 21.6. The van der Waals surface area contributed by atoms with Crippen molar-refractivity contribution in [3.05, 3.63) is 23.6 Å². The summed E-state index contributed by atoms with van der Waals surface area (Å²) in [4.78, 5) is 2.14. The summed E-state index contributed by atoms with van der Waals surface area (Å²) >= 11 is 20.5. The van der Waals surface area contributed by atoms with E-state index in [0.29, 0.717) is 25.5 Å². The Bertz CT molecular complexity index is 1040. The summed E-state index contributed by atoms with van der Waals surface area (Å²) in [5.41, 5.74) is 16.1. The van der Waals surface area contributed by atoms with Crippen LogP contribution in [0.5, 0.6) is 0 Å². The van der Waals surface area contributed by atoms with Crippen LogP contribution in [0.4, 0.5) is 17.1 Å². The van der Waals surface area contributed by atoms with Gasteiger partial charge in [0, 0.05) is 13.6 Å². The van der Waals surface area contributed by atoms with Gasteiger partial charge in [0.05, 0.1) is 35.1 Å². The molecule has 0 saturated carbocycles. The molecule has 2 aromatic rings. The summed E-state index contributed by atoms with van der Waals surface area (Å²) < 4.78 is 2.97. The Morgan fingerprint density at radius 3 is 1.58 bits per heavy atom. The summed E-state index contributed by atoms with van der Waals surface area (Å²) in [6.45, 7) is 14.7. The SMILES string of the molecule is CC(C)(C)CCCCCc1c(N)c(=S)c1=S.CN(CCCCC(C)(C)C)c1c(N)c(=S)c1=S. The second-order valence-corrected chi connectivity index (χ2v) is 13.2. The number of hydrogen-bond acceptors (Lipinski definition) is 7. The number of anilines is 3. The van der Waals surface area contributed by atoms with Gasteiger partial charge in [0.1, 0.15) is 0 Å². The molecule has 0 aliphatic heterocycles. The van der Waals surface area contributed by atoms with Gasteiger partial charge in [-0.25, -0.2) is 0 Å². The lowest BCUT2D eigenvalue weighted by Crippen LogP contribution is -2.22. The van der Waals surface area contributed by atoms with E-state index in [9.17, 15) is 0 Å². The lowest BCUT2D eigenvalue weighted by molar-refractivity contribution is 0.358. The highest BCUT2D eigenvalue weighted by Crippen LogP contribution is 2.32. The normalized spacial score (nSPS) is 12.1. The number of nitrogens with zero attached hydrogens (tertiary/aromatic N) is 1. The molecule has 0 aliphatic rings. The fourth-order valence-electron chi connectivity index (χ4n) is 3.73. The second kappa shape index (κ2) is 12.8. The molecule has 0 saturated heterocycles. The largest absolute Gasteiger partial charge is 0.397 e. The van der Waals surface area contributed by atoms with Crippen molar-refractivity contribution in [1.82, 2.24) is 0 Å². The fraction of sp³-hybridized carbons (Fsp3) is 0.692. The molecule has 0 radical (unpaired) electrons. The highest BCUT2D eigenvalue weighted by Gasteiger charge is 2.16. The molecule has 0 atom stereocenters. The summed E-state index contributed by atoms with van der Waals surface area (Å²) in [5.74, 6) is 0. The van der Waals surface area contributed by atoms with Crippen molar-refractivity contribution in [2.45, 2.75) is 92.9 Å². The molecule has 4 N–H and O–H groups in total. The topological polar surface area (TPSA) is 55.3 Å². The van der Waals surface area contributed by atoms with Crippen LogP contribution in [-0.4, -0.2) is 13.6 Å². The van der Waals surface area contributed by atoms with Crippen molar-refractivity contribution in [2.24, 2.45) is 10.8 Å². The zero-order chi connectivity index (χ0) is 25.6. The Hall–Kier alpha value is -0.760. The average Bonchev–Trinajstić information content (AvgIpc) is 2.71. The van der Waals surface area contributed by atoms with E-state index in [2.05, 4.69) is 46.4 Å². The predicted octanol–water partition coefficient (Wildman–Crippen LogP) is 9.01. The molecule has 0 aromatic heterocycles. The maximum Gasteiger partial charge on any atom is 0.0834 e. The van der Waals surface area contributed by atoms with E-state index in [1.807, 2.05) is 7.05 Å². The summed E-state index contributed by atoms with van der Waals surface area (Å²) in [5, 5.41) is 0. The van der Waals surface area contributed by atoms with E-state index >= 15 is 0 Å². The van der Waals surface area contributed by atoms with E-state index in [-0.39, 0.29) is 0 Å². The lowest BCUT2D eigenvalue weighted by Gasteiger charge is -2.24. The van der Waals surface area contributed by atoms with Crippen molar-refractivity contribution in [2.75, 3.05) is 30.0 Å². The molecule has 0 amide bonds. The van der Waals surface area contributed by atoms with Crippen molar-refractivity contribution in [1.29, 1.82) is 0 Å². The molecule has 0 aliphatic carbocycles. The number of rotatable bonds is 10. The van der Waals surface area contributed by atoms with Gasteiger partial charge in [-0.3, -0.25) is 0 Å². The van der Waals surface area contributed by atoms with Gasteiger partial charge in [-0.1, -0.05) is 110 Å². The van der Waals surface area contributed by atoms with Gasteiger partial charge < -0.3 is 16.4 Å². The number of hydrogen-bond donors (Lipinski definition) is 2. The zero-order valence-corrected chi connectivity index (χ0v) is 24.9. The smallest absolute Gasteiger partial charge is 0.0834 e. The van der Waals surface area contributed by atoms with E-state index in [1.54, 1.807) is 0 Å². The monoisotopic (exact) mass is 525 g/mol. The maximum atomic E-state index is 5.84. The van der Waals surface area contributed by atoms with Gasteiger partial charge in [0.25, 0.3) is 0 Å². The predicted molar refractivity (Wildman–Crippen MR) is 158 cm³/mol. The first-order valence-corrected chi connectivity index (χ1v) is 13.6. The third-order valence-electron chi connectivity index (χ3n) is 5.88. The molecule has 0 heterocycles. The Labute approximate surface area is 222 Å². The minimum Gasteiger partial charge on any atom is -0.397 e. The van der Waals surface area contributed by atoms with Crippen LogP contribution in [0.2, 0.25) is 0 Å². The van der Waals surface area contributed by atoms with Crippen LogP contribution in [0.25, 0.3) is 0 Å². The highest BCUT2D eigenvalue weighted by molar-refractivity contribution is 7.74. The van der Waals surface area contributed by atoms with Crippen molar-refractivity contribution in [3.8, 4) is 0 Å². The van der Waals surface area contributed by atoms with E-state index < -0.39 is 0 Å². The van der Waals surface area contributed by atoms with Crippen molar-refractivity contribution >= 4 is 65.9 Å². The van der Waals surface area contributed by atoms with Gasteiger partial charge in [0.2, 0.25) is 0 Å². The van der Waals surface area contributed by atoms with E-state index in [1.165, 1.54) is 44.9 Å². The lowest BCUT2D eigenvalue weighted by atomic mass is 9.89. The third-order valence-corrected chi connectivity index (χ3v) is 7.83. The first kappa shape index (κ1) is 30.3. The molecular formula is C26H43N3S4. The molecule has 3 nitrogen and oxygen atoms in total. The number of nitrogen functional groups attached to an aromatic ring is 2. The molecule has 0 unspecified atom stereocenters. The Morgan fingerprint density at radius 1 is 0.636 bits per heavy atom. The van der Waals surface area contributed by atoms with Gasteiger partial charge in [-0.15, -0.1) is 0 Å². The van der Waals surface area contributed by atoms with Gasteiger partial charge in [-0.05, 0) is 48.5 Å². The maximum absolute atomic E-state index is 5.84. The van der Waals surface area contributed by atoms with E-state index in [0.717, 1.165) is 38.9 Å². The minimum atomic E-state index is 0.421. The van der Waals surface area contributed by atoms with Crippen LogP contribution in [0.1, 0.15) is 92.1 Å². The Morgan fingerprint density at radius 2 is 1.12 bits per heavy atom. The van der Waals surface area contributed by atoms with Crippen LogP contribution in [0.3, 0.4) is 0 Å². The molecule has 33 heavy (non-hydrogen) atoms. The standard InChI is InChI=1S/C13H22N2S2.C13H21NS2/c1-13(2,3)7-5-6-8-15(4)10-9(14)11(16)12(10)17;1-13(2,3)8-6-4-5-7-9-10(14)12(16)11(9)15/h5-8,14H2,1-4H3;4-8,14H2,1-3H3. The van der Waals surface area contributed by atoms with Gasteiger partial charge >= 0.3 is 0 Å². The fourth-order valence-corrected chi connectivity index (χ4v) is 4.87. The van der Waals surface area contributed by atoms with E-state index in [4.69, 9.17) is 60.3 Å². The van der Waals surface area contributed by atoms with Crippen molar-refractivity contribution in [3.63, 3.8) is 0 Å². The highest BCUT2D eigenvalue weighted by atomic mass is 32.1. The van der Waals surface area contributed by atoms with Crippen molar-refractivity contribution < 1.29 is 0 Å². The quantitative estimate of drug-likeness (QED) is 0.237. The molecule has 0 bridgehead atoms. The molecule has 186 valence electrons.